The largest absolute Gasteiger partial charge is 0.350 e. The highest BCUT2D eigenvalue weighted by molar-refractivity contribution is 7.19. The number of fused-ring (bicyclic) bond motifs is 1. The Bertz CT molecular complexity index is 893. The third kappa shape index (κ3) is 3.66. The number of aryl methyl sites for hydroxylation is 1. The van der Waals surface area contributed by atoms with Crippen molar-refractivity contribution >= 4 is 27.5 Å². The second-order valence-electron chi connectivity index (χ2n) is 6.95. The summed E-state index contributed by atoms with van der Waals surface area (Å²) in [5.74, 6) is -0.0325. The standard InChI is InChI=1S/C20H24N4OS/c1-14-11-17-19(26-14)16(13-24-9-3-2-4-10-24)18(23-17)20(25)22-12-15-5-7-21-8-6-15/h5-8,11,23H,2-4,9-10,12-13H2,1H3,(H,22,25). The van der Waals surface area contributed by atoms with Crippen molar-refractivity contribution in [3.8, 4) is 0 Å². The molecule has 0 saturated carbocycles. The molecule has 3 aromatic heterocycles. The number of amides is 1. The monoisotopic (exact) mass is 368 g/mol. The normalized spacial score (nSPS) is 15.4. The molecule has 1 aliphatic rings. The number of pyridine rings is 1. The fourth-order valence-corrected chi connectivity index (χ4v) is 4.62. The maximum atomic E-state index is 12.9. The summed E-state index contributed by atoms with van der Waals surface area (Å²) in [7, 11) is 0. The number of piperidine rings is 1. The summed E-state index contributed by atoms with van der Waals surface area (Å²) < 4.78 is 1.22. The number of rotatable bonds is 5. The van der Waals surface area contributed by atoms with Gasteiger partial charge in [-0.15, -0.1) is 11.3 Å². The first-order chi connectivity index (χ1) is 12.7. The van der Waals surface area contributed by atoms with Gasteiger partial charge in [0.2, 0.25) is 0 Å². The number of carbonyl (C=O) groups excluding carboxylic acids is 1. The fraction of sp³-hybridized carbons (Fsp3) is 0.400. The zero-order chi connectivity index (χ0) is 17.9. The number of likely N-dealkylation sites (tertiary alicyclic amines) is 1. The van der Waals surface area contributed by atoms with Gasteiger partial charge in [0.05, 0.1) is 10.2 Å². The van der Waals surface area contributed by atoms with Gasteiger partial charge in [-0.25, -0.2) is 0 Å². The molecule has 6 heteroatoms. The van der Waals surface area contributed by atoms with Crippen molar-refractivity contribution in [2.45, 2.75) is 39.3 Å². The number of hydrogen-bond donors (Lipinski definition) is 2. The highest BCUT2D eigenvalue weighted by Gasteiger charge is 2.22. The van der Waals surface area contributed by atoms with Crippen LogP contribution in [0.2, 0.25) is 0 Å². The lowest BCUT2D eigenvalue weighted by Gasteiger charge is -2.26. The van der Waals surface area contributed by atoms with E-state index in [4.69, 9.17) is 0 Å². The van der Waals surface area contributed by atoms with E-state index in [-0.39, 0.29) is 5.91 Å². The Balaban J connectivity index is 1.57. The van der Waals surface area contributed by atoms with Crippen LogP contribution >= 0.6 is 11.3 Å². The van der Waals surface area contributed by atoms with E-state index in [2.05, 4.69) is 33.2 Å². The minimum Gasteiger partial charge on any atom is -0.350 e. The van der Waals surface area contributed by atoms with Crippen LogP contribution in [0.25, 0.3) is 10.2 Å². The summed E-state index contributed by atoms with van der Waals surface area (Å²) in [5.41, 5.74) is 3.99. The SMILES string of the molecule is Cc1cc2[nH]c(C(=O)NCc3ccncc3)c(CN3CCCCC3)c2s1. The molecular formula is C20H24N4OS. The van der Waals surface area contributed by atoms with Gasteiger partial charge < -0.3 is 10.3 Å². The Morgan fingerprint density at radius 1 is 1.27 bits per heavy atom. The number of aromatic nitrogens is 2. The molecule has 1 amide bonds. The molecule has 0 aromatic carbocycles. The number of nitrogens with zero attached hydrogens (tertiary/aromatic N) is 2. The van der Waals surface area contributed by atoms with E-state index in [0.29, 0.717) is 12.2 Å². The van der Waals surface area contributed by atoms with Crippen LogP contribution in [0, 0.1) is 6.92 Å². The van der Waals surface area contributed by atoms with Crippen LogP contribution in [0.4, 0.5) is 0 Å². The number of carbonyl (C=O) groups is 1. The third-order valence-corrected chi connectivity index (χ3v) is 6.06. The third-order valence-electron chi connectivity index (χ3n) is 4.95. The second-order valence-corrected chi connectivity index (χ2v) is 8.21. The number of thiophene rings is 1. The van der Waals surface area contributed by atoms with E-state index >= 15 is 0 Å². The molecule has 136 valence electrons. The molecule has 1 saturated heterocycles. The fourth-order valence-electron chi connectivity index (χ4n) is 3.61. The minimum absolute atomic E-state index is 0.0325. The molecule has 0 atom stereocenters. The predicted molar refractivity (Wildman–Crippen MR) is 105 cm³/mol. The van der Waals surface area contributed by atoms with Gasteiger partial charge in [0.15, 0.2) is 0 Å². The van der Waals surface area contributed by atoms with Gasteiger partial charge in [-0.3, -0.25) is 14.7 Å². The first kappa shape index (κ1) is 17.2. The molecule has 0 bridgehead atoms. The van der Waals surface area contributed by atoms with Gasteiger partial charge >= 0.3 is 0 Å². The van der Waals surface area contributed by atoms with Gasteiger partial charge in [0.25, 0.3) is 5.91 Å². The molecule has 5 nitrogen and oxygen atoms in total. The van der Waals surface area contributed by atoms with Gasteiger partial charge in [0, 0.05) is 35.9 Å². The number of H-pyrrole nitrogens is 1. The molecule has 1 fully saturated rings. The first-order valence-corrected chi connectivity index (χ1v) is 10.0. The zero-order valence-corrected chi connectivity index (χ0v) is 15.9. The van der Waals surface area contributed by atoms with E-state index in [1.165, 1.54) is 28.8 Å². The van der Waals surface area contributed by atoms with Crippen LogP contribution in [0.3, 0.4) is 0 Å². The Kier molecular flexibility index (Phi) is 5.04. The molecular weight excluding hydrogens is 344 g/mol. The van der Waals surface area contributed by atoms with Crippen molar-refractivity contribution in [2.24, 2.45) is 0 Å². The summed E-state index contributed by atoms with van der Waals surface area (Å²) in [6, 6.07) is 5.98. The summed E-state index contributed by atoms with van der Waals surface area (Å²) >= 11 is 1.77. The van der Waals surface area contributed by atoms with Crippen molar-refractivity contribution in [3.05, 3.63) is 52.3 Å². The van der Waals surface area contributed by atoms with Crippen molar-refractivity contribution in [3.63, 3.8) is 0 Å². The molecule has 0 aliphatic carbocycles. The highest BCUT2D eigenvalue weighted by Crippen LogP contribution is 2.32. The maximum Gasteiger partial charge on any atom is 0.268 e. The van der Waals surface area contributed by atoms with E-state index < -0.39 is 0 Å². The summed E-state index contributed by atoms with van der Waals surface area (Å²) in [4.78, 5) is 24.0. The molecule has 4 heterocycles. The van der Waals surface area contributed by atoms with E-state index in [0.717, 1.165) is 36.3 Å². The van der Waals surface area contributed by atoms with Crippen molar-refractivity contribution in [2.75, 3.05) is 13.1 Å². The van der Waals surface area contributed by atoms with Crippen LogP contribution in [0.5, 0.6) is 0 Å². The Hall–Kier alpha value is -2.18. The Morgan fingerprint density at radius 3 is 2.81 bits per heavy atom. The Morgan fingerprint density at radius 2 is 2.04 bits per heavy atom. The summed E-state index contributed by atoms with van der Waals surface area (Å²) in [6.45, 7) is 5.71. The maximum absolute atomic E-state index is 12.9. The van der Waals surface area contributed by atoms with Gasteiger partial charge in [-0.2, -0.15) is 0 Å². The molecule has 0 unspecified atom stereocenters. The van der Waals surface area contributed by atoms with Gasteiger partial charge in [-0.1, -0.05) is 6.42 Å². The number of hydrogen-bond acceptors (Lipinski definition) is 4. The van der Waals surface area contributed by atoms with Crippen LogP contribution in [0.15, 0.2) is 30.6 Å². The van der Waals surface area contributed by atoms with Crippen LogP contribution < -0.4 is 5.32 Å². The van der Waals surface area contributed by atoms with E-state index in [1.54, 1.807) is 23.7 Å². The smallest absolute Gasteiger partial charge is 0.268 e. The second kappa shape index (κ2) is 7.60. The van der Waals surface area contributed by atoms with E-state index in [1.807, 2.05) is 12.1 Å². The highest BCUT2D eigenvalue weighted by atomic mass is 32.1. The van der Waals surface area contributed by atoms with E-state index in [9.17, 15) is 4.79 Å². The lowest BCUT2D eigenvalue weighted by Crippen LogP contribution is -2.30. The average Bonchev–Trinajstić information content (AvgIpc) is 3.19. The van der Waals surface area contributed by atoms with Gasteiger partial charge in [0.1, 0.15) is 5.69 Å². The molecule has 0 radical (unpaired) electrons. The van der Waals surface area contributed by atoms with Gasteiger partial charge in [-0.05, 0) is 56.6 Å². The molecule has 0 spiro atoms. The van der Waals surface area contributed by atoms with Crippen LogP contribution in [-0.4, -0.2) is 33.9 Å². The lowest BCUT2D eigenvalue weighted by atomic mass is 10.1. The summed E-state index contributed by atoms with van der Waals surface area (Å²) in [5, 5.41) is 3.05. The molecule has 2 N–H and O–H groups in total. The molecule has 26 heavy (non-hydrogen) atoms. The molecule has 3 aromatic rings. The summed E-state index contributed by atoms with van der Waals surface area (Å²) in [6.07, 6.45) is 7.31. The molecule has 1 aliphatic heterocycles. The Labute approximate surface area is 157 Å². The molecule has 4 rings (SSSR count). The van der Waals surface area contributed by atoms with Crippen LogP contribution in [-0.2, 0) is 13.1 Å². The van der Waals surface area contributed by atoms with Crippen molar-refractivity contribution < 1.29 is 4.79 Å². The first-order valence-electron chi connectivity index (χ1n) is 9.21. The zero-order valence-electron chi connectivity index (χ0n) is 15.0. The van der Waals surface area contributed by atoms with Crippen molar-refractivity contribution in [1.82, 2.24) is 20.2 Å². The van der Waals surface area contributed by atoms with Crippen LogP contribution in [0.1, 0.15) is 45.8 Å². The average molecular weight is 369 g/mol. The minimum atomic E-state index is -0.0325. The van der Waals surface area contributed by atoms with Crippen molar-refractivity contribution in [1.29, 1.82) is 0 Å². The number of aromatic amines is 1. The number of nitrogens with one attached hydrogen (secondary N) is 2. The quantitative estimate of drug-likeness (QED) is 0.719. The predicted octanol–water partition coefficient (Wildman–Crippen LogP) is 3.85. The topological polar surface area (TPSA) is 61.0 Å². The lowest BCUT2D eigenvalue weighted by molar-refractivity contribution is 0.0944.